The number of nitrogens with zero attached hydrogens (tertiary/aromatic N) is 4. The third-order valence-corrected chi connectivity index (χ3v) is 3.81. The molecule has 2 atom stereocenters. The molecule has 28 heavy (non-hydrogen) atoms. The van der Waals surface area contributed by atoms with E-state index in [0.717, 1.165) is 11.4 Å². The Hall–Kier alpha value is -3.10. The molecule has 6 N–H and O–H groups in total. The topological polar surface area (TPSA) is 126 Å². The van der Waals surface area contributed by atoms with Crippen molar-refractivity contribution in [3.05, 3.63) is 60.7 Å². The molecule has 2 rings (SSSR count). The van der Waals surface area contributed by atoms with Crippen molar-refractivity contribution in [2.24, 2.45) is 31.9 Å². The van der Waals surface area contributed by atoms with Gasteiger partial charge in [0.15, 0.2) is 0 Å². The summed E-state index contributed by atoms with van der Waals surface area (Å²) in [5, 5.41) is 8.75. The lowest BCUT2D eigenvalue weighted by Crippen LogP contribution is -2.32. The second-order valence-electron chi connectivity index (χ2n) is 6.41. The molecule has 2 unspecified atom stereocenters. The van der Waals surface area contributed by atoms with Gasteiger partial charge in [0.25, 0.3) is 0 Å². The number of amidine groups is 2. The maximum atomic E-state index is 5.59. The molecular formula is C20H28N8. The molecule has 8 nitrogen and oxygen atoms in total. The maximum Gasteiger partial charge on any atom is 0.118 e. The summed E-state index contributed by atoms with van der Waals surface area (Å²) in [7, 11) is 0. The molecule has 0 aliphatic heterocycles. The lowest BCUT2D eigenvalue weighted by Gasteiger charge is -2.11. The summed E-state index contributed by atoms with van der Waals surface area (Å²) >= 11 is 0. The van der Waals surface area contributed by atoms with Gasteiger partial charge in [0, 0.05) is 12.8 Å². The van der Waals surface area contributed by atoms with Gasteiger partial charge in [-0.3, -0.25) is 0 Å². The van der Waals surface area contributed by atoms with Crippen molar-refractivity contribution in [1.29, 1.82) is 0 Å². The summed E-state index contributed by atoms with van der Waals surface area (Å²) in [6.07, 6.45) is 1.11. The molecule has 0 saturated carbocycles. The van der Waals surface area contributed by atoms with Crippen molar-refractivity contribution in [1.82, 2.24) is 10.9 Å². The second-order valence-corrected chi connectivity index (χ2v) is 6.41. The highest BCUT2D eigenvalue weighted by Crippen LogP contribution is 2.13. The van der Waals surface area contributed by atoms with Crippen LogP contribution in [-0.4, -0.2) is 23.8 Å². The van der Waals surface area contributed by atoms with Crippen LogP contribution in [-0.2, 0) is 0 Å². The third kappa shape index (κ3) is 7.65. The van der Waals surface area contributed by atoms with E-state index in [-0.39, 0.29) is 12.1 Å². The Morgan fingerprint density at radius 1 is 0.714 bits per heavy atom. The molecule has 0 spiro atoms. The van der Waals surface area contributed by atoms with Crippen LogP contribution in [0.25, 0.3) is 0 Å². The number of azo groups is 1. The smallest absolute Gasteiger partial charge is 0.118 e. The fourth-order valence-electron chi connectivity index (χ4n) is 2.46. The van der Waals surface area contributed by atoms with Crippen molar-refractivity contribution in [2.45, 2.75) is 38.8 Å². The molecule has 0 aromatic heterocycles. The van der Waals surface area contributed by atoms with E-state index in [4.69, 9.17) is 11.7 Å². The monoisotopic (exact) mass is 380 g/mol. The van der Waals surface area contributed by atoms with Crippen molar-refractivity contribution in [2.75, 3.05) is 0 Å². The van der Waals surface area contributed by atoms with Gasteiger partial charge in [0.2, 0.25) is 0 Å². The highest BCUT2D eigenvalue weighted by molar-refractivity contribution is 5.85. The average Bonchev–Trinajstić information content (AvgIpc) is 2.72. The predicted octanol–water partition coefficient (Wildman–Crippen LogP) is 3.38. The molecule has 0 fully saturated rings. The molecule has 0 amide bonds. The Labute approximate surface area is 165 Å². The van der Waals surface area contributed by atoms with Gasteiger partial charge in [0.05, 0.1) is 23.5 Å². The van der Waals surface area contributed by atoms with Crippen LogP contribution in [0.4, 0.5) is 11.4 Å². The number of benzene rings is 2. The number of rotatable bonds is 8. The largest absolute Gasteiger partial charge is 0.312 e. The van der Waals surface area contributed by atoms with Crippen LogP contribution in [0.1, 0.15) is 26.7 Å². The molecular weight excluding hydrogens is 352 g/mol. The number of nitrogens with one attached hydrogen (secondary N) is 2. The van der Waals surface area contributed by atoms with Crippen LogP contribution >= 0.6 is 0 Å². The van der Waals surface area contributed by atoms with Gasteiger partial charge < -0.3 is 10.9 Å². The zero-order chi connectivity index (χ0) is 20.2. The van der Waals surface area contributed by atoms with Crippen LogP contribution in [0.3, 0.4) is 0 Å². The standard InChI is InChI=1S/C20H28N8/c1-15(13-19(25-21)23-17-9-5-3-6-10-17)27-28-16(2)14-20(26-22)24-18-11-7-4-8-12-18/h3-12,15-16H,13-14,21-22H2,1-2H3,(H,23,25)(H,24,26). The van der Waals surface area contributed by atoms with Gasteiger partial charge in [-0.1, -0.05) is 36.4 Å². The van der Waals surface area contributed by atoms with E-state index in [0.29, 0.717) is 24.5 Å². The van der Waals surface area contributed by atoms with Gasteiger partial charge in [-0.2, -0.15) is 10.2 Å². The lowest BCUT2D eigenvalue weighted by atomic mass is 10.2. The third-order valence-electron chi connectivity index (χ3n) is 3.81. The van der Waals surface area contributed by atoms with Crippen molar-refractivity contribution >= 4 is 23.0 Å². The number of hydrogen-bond donors (Lipinski definition) is 4. The second kappa shape index (κ2) is 11.6. The summed E-state index contributed by atoms with van der Waals surface area (Å²) in [6, 6.07) is 19.1. The van der Waals surface area contributed by atoms with Crippen LogP contribution in [0.15, 0.2) is 80.9 Å². The molecule has 2 aromatic rings. The first-order valence-corrected chi connectivity index (χ1v) is 9.19. The number of nitrogens with two attached hydrogens (primary N) is 2. The lowest BCUT2D eigenvalue weighted by molar-refractivity contribution is 0.631. The van der Waals surface area contributed by atoms with Gasteiger partial charge in [-0.15, -0.1) is 0 Å². The van der Waals surface area contributed by atoms with Crippen LogP contribution in [0.5, 0.6) is 0 Å². The zero-order valence-corrected chi connectivity index (χ0v) is 16.3. The molecule has 148 valence electrons. The summed E-state index contributed by atoms with van der Waals surface area (Å²) in [5.41, 5.74) is 6.95. The van der Waals surface area contributed by atoms with E-state index in [1.54, 1.807) is 0 Å². The number of hydrazine groups is 2. The Kier molecular flexibility index (Phi) is 8.77. The number of aliphatic imine (C=N–C) groups is 2. The minimum Gasteiger partial charge on any atom is -0.312 e. The van der Waals surface area contributed by atoms with Gasteiger partial charge in [0.1, 0.15) is 11.7 Å². The fourth-order valence-corrected chi connectivity index (χ4v) is 2.46. The van der Waals surface area contributed by atoms with E-state index in [9.17, 15) is 0 Å². The van der Waals surface area contributed by atoms with Crippen molar-refractivity contribution < 1.29 is 0 Å². The summed E-state index contributed by atoms with van der Waals surface area (Å²) < 4.78 is 0. The normalized spacial score (nSPS) is 14.7. The number of para-hydroxylation sites is 2. The molecule has 0 bridgehead atoms. The zero-order valence-electron chi connectivity index (χ0n) is 16.3. The Morgan fingerprint density at radius 3 is 1.39 bits per heavy atom. The van der Waals surface area contributed by atoms with Crippen molar-refractivity contribution in [3.8, 4) is 0 Å². The van der Waals surface area contributed by atoms with E-state index in [1.165, 1.54) is 0 Å². The quantitative estimate of drug-likeness (QED) is 0.184. The van der Waals surface area contributed by atoms with Crippen molar-refractivity contribution in [3.63, 3.8) is 0 Å². The number of hydrogen-bond acceptors (Lipinski definition) is 6. The molecule has 8 heteroatoms. The van der Waals surface area contributed by atoms with E-state index < -0.39 is 0 Å². The molecule has 0 aliphatic rings. The van der Waals surface area contributed by atoms with E-state index in [1.807, 2.05) is 74.5 Å². The Balaban J connectivity index is 1.92. The summed E-state index contributed by atoms with van der Waals surface area (Å²) in [5.74, 6) is 12.5. The SMILES string of the molecule is CC(CC(=Nc1ccccc1)NN)N=NC(C)CC(=Nc1ccccc1)NN. The molecule has 0 saturated heterocycles. The minimum absolute atomic E-state index is 0.0682. The van der Waals surface area contributed by atoms with Crippen LogP contribution in [0, 0.1) is 0 Å². The van der Waals surface area contributed by atoms with Gasteiger partial charge in [-0.25, -0.2) is 21.7 Å². The molecule has 0 aliphatic carbocycles. The first-order valence-electron chi connectivity index (χ1n) is 9.19. The van der Waals surface area contributed by atoms with Crippen LogP contribution < -0.4 is 22.5 Å². The predicted molar refractivity (Wildman–Crippen MR) is 115 cm³/mol. The Morgan fingerprint density at radius 2 is 1.07 bits per heavy atom. The highest BCUT2D eigenvalue weighted by Gasteiger charge is 2.09. The summed E-state index contributed by atoms with van der Waals surface area (Å²) in [4.78, 5) is 8.97. The van der Waals surface area contributed by atoms with Gasteiger partial charge >= 0.3 is 0 Å². The molecule has 0 heterocycles. The molecule has 0 radical (unpaired) electrons. The Bertz CT molecular complexity index is 719. The first-order chi connectivity index (χ1) is 13.6. The van der Waals surface area contributed by atoms with E-state index >= 15 is 0 Å². The average molecular weight is 381 g/mol. The maximum absolute atomic E-state index is 5.59. The summed E-state index contributed by atoms with van der Waals surface area (Å²) in [6.45, 7) is 3.93. The first kappa shape index (κ1) is 21.2. The molecule has 2 aromatic carbocycles. The van der Waals surface area contributed by atoms with Gasteiger partial charge in [-0.05, 0) is 38.1 Å². The van der Waals surface area contributed by atoms with Crippen LogP contribution in [0.2, 0.25) is 0 Å². The fraction of sp³-hybridized carbons (Fsp3) is 0.300. The highest BCUT2D eigenvalue weighted by atomic mass is 15.3. The van der Waals surface area contributed by atoms with E-state index in [2.05, 4.69) is 31.1 Å². The minimum atomic E-state index is -0.0682.